The van der Waals surface area contributed by atoms with Gasteiger partial charge in [-0.25, -0.2) is 0 Å². The quantitative estimate of drug-likeness (QED) is 0.256. The SMILES string of the molecule is N[C@H](Cc1cnc([C@@H](O)[C@H](O)[C@H](O)CO)cn1)[C@H](O)CO. The summed E-state index contributed by atoms with van der Waals surface area (Å²) in [6, 6.07) is -0.707. The molecule has 9 heteroatoms. The van der Waals surface area contributed by atoms with Gasteiger partial charge in [0, 0.05) is 18.7 Å². The van der Waals surface area contributed by atoms with Crippen LogP contribution in [0.5, 0.6) is 0 Å². The molecule has 0 fully saturated rings. The molecule has 1 heterocycles. The zero-order chi connectivity index (χ0) is 16.0. The zero-order valence-electron chi connectivity index (χ0n) is 11.3. The number of rotatable bonds is 8. The molecule has 0 unspecified atom stereocenters. The Bertz CT molecular complexity index is 418. The monoisotopic (exact) mass is 303 g/mol. The van der Waals surface area contributed by atoms with Gasteiger partial charge in [0.15, 0.2) is 0 Å². The Morgan fingerprint density at radius 1 is 0.952 bits per heavy atom. The molecule has 0 aliphatic rings. The van der Waals surface area contributed by atoms with Crippen molar-refractivity contribution in [3.05, 3.63) is 23.8 Å². The molecule has 0 aliphatic heterocycles. The van der Waals surface area contributed by atoms with Crippen molar-refractivity contribution in [3.63, 3.8) is 0 Å². The molecule has 0 amide bonds. The van der Waals surface area contributed by atoms with Gasteiger partial charge in [0.1, 0.15) is 18.3 Å². The molecule has 0 spiro atoms. The van der Waals surface area contributed by atoms with Crippen LogP contribution in [0.2, 0.25) is 0 Å². The minimum absolute atomic E-state index is 0.0232. The van der Waals surface area contributed by atoms with Crippen LogP contribution in [0.4, 0.5) is 0 Å². The summed E-state index contributed by atoms with van der Waals surface area (Å²) >= 11 is 0. The van der Waals surface area contributed by atoms with Gasteiger partial charge < -0.3 is 36.4 Å². The van der Waals surface area contributed by atoms with Crippen molar-refractivity contribution in [3.8, 4) is 0 Å². The molecule has 9 nitrogen and oxygen atoms in total. The number of hydrogen-bond acceptors (Lipinski definition) is 9. The minimum atomic E-state index is -1.59. The number of aromatic nitrogens is 2. The molecule has 5 atom stereocenters. The van der Waals surface area contributed by atoms with E-state index in [1.165, 1.54) is 12.4 Å². The first-order valence-corrected chi connectivity index (χ1v) is 6.41. The molecule has 8 N–H and O–H groups in total. The Kier molecular flexibility index (Phi) is 7.05. The number of aliphatic hydroxyl groups is 6. The second-order valence-electron chi connectivity index (χ2n) is 4.74. The van der Waals surface area contributed by atoms with E-state index in [9.17, 15) is 20.4 Å². The van der Waals surface area contributed by atoms with Gasteiger partial charge in [-0.1, -0.05) is 0 Å². The maximum absolute atomic E-state index is 9.77. The van der Waals surface area contributed by atoms with Gasteiger partial charge in [-0.2, -0.15) is 0 Å². The predicted molar refractivity (Wildman–Crippen MR) is 70.9 cm³/mol. The van der Waals surface area contributed by atoms with Crippen LogP contribution in [-0.2, 0) is 6.42 Å². The molecule has 1 rings (SSSR count). The third kappa shape index (κ3) is 4.93. The molecule has 0 bridgehead atoms. The standard InChI is InChI=1S/C12H21N3O6/c13-7(9(18)4-16)1-6-2-15-8(3-14-6)11(20)12(21)10(19)5-17/h2-3,7,9-12,16-21H,1,4-5,13H2/t7-,9-,10-,11-,12-/m1/s1. The van der Waals surface area contributed by atoms with E-state index in [2.05, 4.69) is 9.97 Å². The van der Waals surface area contributed by atoms with Crippen LogP contribution >= 0.6 is 0 Å². The van der Waals surface area contributed by atoms with E-state index in [1.807, 2.05) is 0 Å². The highest BCUT2D eigenvalue weighted by Gasteiger charge is 2.26. The molecule has 0 saturated carbocycles. The van der Waals surface area contributed by atoms with Gasteiger partial charge in [-0.3, -0.25) is 9.97 Å². The molecule has 1 aromatic rings. The molecular weight excluding hydrogens is 282 g/mol. The molecule has 0 aromatic carbocycles. The fourth-order valence-electron chi connectivity index (χ4n) is 1.63. The average molecular weight is 303 g/mol. The van der Waals surface area contributed by atoms with Gasteiger partial charge in [0.25, 0.3) is 0 Å². The van der Waals surface area contributed by atoms with E-state index in [-0.39, 0.29) is 12.1 Å². The minimum Gasteiger partial charge on any atom is -0.394 e. The van der Waals surface area contributed by atoms with Crippen LogP contribution in [-0.4, -0.2) is 78.2 Å². The number of nitrogens with zero attached hydrogens (tertiary/aromatic N) is 2. The number of hydrogen-bond donors (Lipinski definition) is 7. The zero-order valence-corrected chi connectivity index (χ0v) is 11.3. The van der Waals surface area contributed by atoms with Gasteiger partial charge in [-0.05, 0) is 0 Å². The van der Waals surface area contributed by atoms with E-state index in [4.69, 9.17) is 15.9 Å². The summed E-state index contributed by atoms with van der Waals surface area (Å²) in [5.74, 6) is 0. The van der Waals surface area contributed by atoms with Crippen molar-refractivity contribution in [1.82, 2.24) is 9.97 Å². The summed E-state index contributed by atoms with van der Waals surface area (Å²) in [4.78, 5) is 7.86. The van der Waals surface area contributed by atoms with Crippen molar-refractivity contribution in [2.45, 2.75) is 36.9 Å². The smallest absolute Gasteiger partial charge is 0.126 e. The second kappa shape index (κ2) is 8.29. The maximum Gasteiger partial charge on any atom is 0.126 e. The van der Waals surface area contributed by atoms with Crippen molar-refractivity contribution in [2.75, 3.05) is 13.2 Å². The Morgan fingerprint density at radius 2 is 1.57 bits per heavy atom. The molecular formula is C12H21N3O6. The molecule has 0 aliphatic carbocycles. The Morgan fingerprint density at radius 3 is 2.05 bits per heavy atom. The lowest BCUT2D eigenvalue weighted by Crippen LogP contribution is -2.39. The van der Waals surface area contributed by atoms with E-state index in [0.717, 1.165) is 0 Å². The fourth-order valence-corrected chi connectivity index (χ4v) is 1.63. The third-order valence-corrected chi connectivity index (χ3v) is 3.06. The van der Waals surface area contributed by atoms with Gasteiger partial charge >= 0.3 is 0 Å². The Hall–Kier alpha value is -1.20. The van der Waals surface area contributed by atoms with Gasteiger partial charge in [0.05, 0.1) is 36.9 Å². The molecule has 1 aromatic heterocycles. The lowest BCUT2D eigenvalue weighted by Gasteiger charge is -2.21. The van der Waals surface area contributed by atoms with Gasteiger partial charge in [-0.15, -0.1) is 0 Å². The Labute approximate surface area is 121 Å². The van der Waals surface area contributed by atoms with Crippen molar-refractivity contribution in [2.24, 2.45) is 5.73 Å². The molecule has 0 radical (unpaired) electrons. The topological polar surface area (TPSA) is 173 Å². The van der Waals surface area contributed by atoms with Crippen LogP contribution in [0, 0.1) is 0 Å². The average Bonchev–Trinajstić information content (AvgIpc) is 2.52. The Balaban J connectivity index is 2.69. The van der Waals surface area contributed by atoms with Crippen LogP contribution < -0.4 is 5.73 Å². The van der Waals surface area contributed by atoms with E-state index in [0.29, 0.717) is 5.69 Å². The van der Waals surface area contributed by atoms with Crippen molar-refractivity contribution >= 4 is 0 Å². The first-order valence-electron chi connectivity index (χ1n) is 6.41. The summed E-state index contributed by atoms with van der Waals surface area (Å²) < 4.78 is 0. The maximum atomic E-state index is 9.77. The normalized spacial score (nSPS) is 18.8. The molecule has 21 heavy (non-hydrogen) atoms. The van der Waals surface area contributed by atoms with Crippen LogP contribution in [0.3, 0.4) is 0 Å². The van der Waals surface area contributed by atoms with Crippen LogP contribution in [0.15, 0.2) is 12.4 Å². The number of nitrogens with two attached hydrogens (primary N) is 1. The lowest BCUT2D eigenvalue weighted by molar-refractivity contribution is -0.0790. The summed E-state index contributed by atoms with van der Waals surface area (Å²) in [6.07, 6.45) is -2.97. The molecule has 0 saturated heterocycles. The second-order valence-corrected chi connectivity index (χ2v) is 4.74. The highest BCUT2D eigenvalue weighted by atomic mass is 16.4. The van der Waals surface area contributed by atoms with E-state index >= 15 is 0 Å². The highest BCUT2D eigenvalue weighted by Crippen LogP contribution is 2.16. The van der Waals surface area contributed by atoms with E-state index < -0.39 is 43.7 Å². The first kappa shape index (κ1) is 17.9. The summed E-state index contributed by atoms with van der Waals surface area (Å²) in [5.41, 5.74) is 6.09. The van der Waals surface area contributed by atoms with Gasteiger partial charge in [0.2, 0.25) is 0 Å². The van der Waals surface area contributed by atoms with Crippen LogP contribution in [0.25, 0.3) is 0 Å². The lowest BCUT2D eigenvalue weighted by atomic mass is 10.1. The van der Waals surface area contributed by atoms with Crippen molar-refractivity contribution in [1.29, 1.82) is 0 Å². The summed E-state index contributed by atoms with van der Waals surface area (Å²) in [6.45, 7) is -1.16. The predicted octanol–water partition coefficient (Wildman–Crippen LogP) is -3.55. The fraction of sp³-hybridized carbons (Fsp3) is 0.667. The largest absolute Gasteiger partial charge is 0.394 e. The number of aliphatic hydroxyl groups excluding tert-OH is 6. The first-order chi connectivity index (χ1) is 9.90. The van der Waals surface area contributed by atoms with E-state index in [1.54, 1.807) is 0 Å². The highest BCUT2D eigenvalue weighted by molar-refractivity contribution is 5.08. The van der Waals surface area contributed by atoms with Crippen LogP contribution in [0.1, 0.15) is 17.5 Å². The third-order valence-electron chi connectivity index (χ3n) is 3.06. The molecule has 120 valence electrons. The summed E-state index contributed by atoms with van der Waals surface area (Å²) in [5, 5.41) is 55.4. The summed E-state index contributed by atoms with van der Waals surface area (Å²) in [7, 11) is 0. The van der Waals surface area contributed by atoms with Crippen molar-refractivity contribution < 1.29 is 30.6 Å².